The van der Waals surface area contributed by atoms with Gasteiger partial charge in [-0.1, -0.05) is 30.7 Å². The number of aryl methyl sites for hydroxylation is 2. The first-order valence-electron chi connectivity index (χ1n) is 11.1. The Balaban J connectivity index is 1.70. The van der Waals surface area contributed by atoms with Crippen LogP contribution in [0.1, 0.15) is 44.7 Å². The molecule has 9 heteroatoms. The van der Waals surface area contributed by atoms with Crippen LogP contribution in [0.15, 0.2) is 46.7 Å². The van der Waals surface area contributed by atoms with Crippen LogP contribution in [0.25, 0.3) is 10.1 Å². The fourth-order valence-electron chi connectivity index (χ4n) is 3.66. The van der Waals surface area contributed by atoms with Crippen LogP contribution in [0.4, 0.5) is 0 Å². The molecule has 0 radical (unpaired) electrons. The summed E-state index contributed by atoms with van der Waals surface area (Å²) in [4.78, 5) is 11.1. The van der Waals surface area contributed by atoms with E-state index >= 15 is 0 Å². The third-order valence-electron chi connectivity index (χ3n) is 5.56. The third kappa shape index (κ3) is 5.92. The number of carboxylic acid groups (broad SMARTS) is 1. The number of thiophene rings is 1. The Morgan fingerprint density at radius 3 is 2.44 bits per heavy atom. The van der Waals surface area contributed by atoms with E-state index in [1.54, 1.807) is 22.5 Å². The van der Waals surface area contributed by atoms with Crippen LogP contribution in [0.3, 0.4) is 0 Å². The minimum Gasteiger partial charge on any atom is -0.546 e. The normalized spacial score (nSPS) is 12.4. The number of carboxylic acids is 1. The van der Waals surface area contributed by atoms with E-state index in [2.05, 4.69) is 0 Å². The Bertz CT molecular complexity index is 1270. The summed E-state index contributed by atoms with van der Waals surface area (Å²) in [6, 6.07) is 12.6. The quantitative estimate of drug-likeness (QED) is 0.361. The first-order valence-corrected chi connectivity index (χ1v) is 13.8. The summed E-state index contributed by atoms with van der Waals surface area (Å²) in [7, 11) is -3.63. The van der Waals surface area contributed by atoms with E-state index in [1.165, 1.54) is 25.2 Å². The first kappa shape index (κ1) is 26.5. The van der Waals surface area contributed by atoms with Gasteiger partial charge in [-0.25, -0.2) is 8.42 Å². The van der Waals surface area contributed by atoms with E-state index in [0.29, 0.717) is 40.9 Å². The van der Waals surface area contributed by atoms with Crippen LogP contribution in [0.2, 0.25) is 5.02 Å². The summed E-state index contributed by atoms with van der Waals surface area (Å²) >= 11 is 7.40. The lowest BCUT2D eigenvalue weighted by Crippen LogP contribution is -2.47. The van der Waals surface area contributed by atoms with E-state index in [1.807, 2.05) is 38.1 Å². The molecule has 6 nitrogen and oxygen atoms in total. The number of nitrogens with zero attached hydrogens (tertiary/aromatic N) is 1. The van der Waals surface area contributed by atoms with Crippen molar-refractivity contribution < 1.29 is 23.1 Å². The number of rotatable bonds is 11. The van der Waals surface area contributed by atoms with Crippen LogP contribution >= 0.6 is 22.9 Å². The van der Waals surface area contributed by atoms with Crippen molar-refractivity contribution in [3.8, 4) is 5.75 Å². The van der Waals surface area contributed by atoms with E-state index in [9.17, 15) is 18.3 Å². The summed E-state index contributed by atoms with van der Waals surface area (Å²) in [5.74, 6) is -0.848. The molecule has 0 unspecified atom stereocenters. The van der Waals surface area contributed by atoms with Gasteiger partial charge in [0.25, 0.3) is 10.0 Å². The number of carbonyl (C=O) groups excluding carboxylic acids is 1. The number of hydrogen-bond acceptors (Lipinski definition) is 6. The molecule has 34 heavy (non-hydrogen) atoms. The van der Waals surface area contributed by atoms with Crippen molar-refractivity contribution in [2.75, 3.05) is 13.1 Å². The number of fused-ring (bicyclic) bond motifs is 1. The van der Waals surface area contributed by atoms with Crippen molar-refractivity contribution in [1.82, 2.24) is 4.31 Å². The van der Waals surface area contributed by atoms with Crippen LogP contribution < -0.4 is 9.84 Å². The van der Waals surface area contributed by atoms with Crippen LogP contribution in [-0.4, -0.2) is 37.4 Å². The van der Waals surface area contributed by atoms with Crippen LogP contribution in [0, 0.1) is 6.92 Å². The van der Waals surface area contributed by atoms with Crippen molar-refractivity contribution in [2.24, 2.45) is 0 Å². The Hall–Kier alpha value is -2.13. The Labute approximate surface area is 210 Å². The Kier molecular flexibility index (Phi) is 8.29. The summed E-state index contributed by atoms with van der Waals surface area (Å²) in [6.45, 7) is 7.52. The topological polar surface area (TPSA) is 86.7 Å². The average Bonchev–Trinajstić information content (AvgIpc) is 3.10. The largest absolute Gasteiger partial charge is 0.546 e. The Morgan fingerprint density at radius 1 is 1.15 bits per heavy atom. The zero-order chi connectivity index (χ0) is 25.1. The molecule has 0 saturated carbocycles. The lowest BCUT2D eigenvalue weighted by Gasteiger charge is -2.27. The molecular formula is C25H29ClNO5S2-. The van der Waals surface area contributed by atoms with Crippen molar-refractivity contribution >= 4 is 49.0 Å². The van der Waals surface area contributed by atoms with E-state index in [-0.39, 0.29) is 0 Å². The first-order chi connectivity index (χ1) is 16.0. The summed E-state index contributed by atoms with van der Waals surface area (Å²) in [5, 5.41) is 12.6. The van der Waals surface area contributed by atoms with Gasteiger partial charge in [0, 0.05) is 22.8 Å². The zero-order valence-electron chi connectivity index (χ0n) is 19.8. The fraction of sp³-hybridized carbons (Fsp3) is 0.400. The lowest BCUT2D eigenvalue weighted by atomic mass is 10.1. The molecule has 0 aliphatic heterocycles. The maximum absolute atomic E-state index is 13.5. The predicted molar refractivity (Wildman–Crippen MR) is 135 cm³/mol. The minimum absolute atomic E-state index is 0.371. The summed E-state index contributed by atoms with van der Waals surface area (Å²) in [6.07, 6.45) is 2.05. The molecule has 0 atom stereocenters. The van der Waals surface area contributed by atoms with Gasteiger partial charge in [0.05, 0.1) is 5.97 Å². The van der Waals surface area contributed by atoms with E-state index in [4.69, 9.17) is 16.3 Å². The second kappa shape index (κ2) is 10.6. The van der Waals surface area contributed by atoms with Crippen molar-refractivity contribution in [2.45, 2.75) is 56.8 Å². The number of benzene rings is 2. The molecule has 0 aliphatic carbocycles. The summed E-state index contributed by atoms with van der Waals surface area (Å²) < 4.78 is 35.3. The molecule has 0 aliphatic rings. The number of sulfonamides is 1. The minimum atomic E-state index is -3.63. The molecule has 3 rings (SSSR count). The van der Waals surface area contributed by atoms with Gasteiger partial charge < -0.3 is 14.6 Å². The predicted octanol–water partition coefficient (Wildman–Crippen LogP) is 4.80. The molecule has 0 bridgehead atoms. The van der Waals surface area contributed by atoms with Gasteiger partial charge in [-0.3, -0.25) is 0 Å². The second-order valence-electron chi connectivity index (χ2n) is 8.71. The third-order valence-corrected chi connectivity index (χ3v) is 9.57. The number of ether oxygens (including phenoxy) is 1. The molecule has 184 valence electrons. The van der Waals surface area contributed by atoms with Crippen molar-refractivity contribution in [1.29, 1.82) is 0 Å². The number of carbonyl (C=O) groups is 1. The molecule has 0 fully saturated rings. The highest BCUT2D eigenvalue weighted by atomic mass is 35.5. The van der Waals surface area contributed by atoms with Gasteiger partial charge in [-0.15, -0.1) is 11.3 Å². The van der Waals surface area contributed by atoms with Gasteiger partial charge in [-0.05, 0) is 86.9 Å². The molecule has 0 amide bonds. The molecular weight excluding hydrogens is 494 g/mol. The molecule has 0 saturated heterocycles. The SMILES string of the molecule is CCCN(CCCc1ccc(OC(C)(C)C(=O)[O-])cc1)S(=O)(=O)c1sc2ccc(Cl)cc2c1C. The summed E-state index contributed by atoms with van der Waals surface area (Å²) in [5.41, 5.74) is 0.325. The monoisotopic (exact) mass is 522 g/mol. The van der Waals surface area contributed by atoms with Crippen molar-refractivity contribution in [3.05, 3.63) is 58.6 Å². The number of hydrogen-bond donors (Lipinski definition) is 0. The van der Waals surface area contributed by atoms with E-state index < -0.39 is 21.6 Å². The molecule has 0 N–H and O–H groups in total. The highest BCUT2D eigenvalue weighted by Crippen LogP contribution is 2.37. The van der Waals surface area contributed by atoms with Gasteiger partial charge in [-0.2, -0.15) is 4.31 Å². The number of halogens is 1. The highest BCUT2D eigenvalue weighted by Gasteiger charge is 2.28. The fourth-order valence-corrected chi connectivity index (χ4v) is 7.28. The maximum Gasteiger partial charge on any atom is 0.252 e. The highest BCUT2D eigenvalue weighted by molar-refractivity contribution is 7.91. The molecule has 0 spiro atoms. The number of aliphatic carboxylic acids is 1. The molecule has 3 aromatic rings. The van der Waals surface area contributed by atoms with Crippen LogP contribution in [-0.2, 0) is 21.2 Å². The molecule has 1 heterocycles. The lowest BCUT2D eigenvalue weighted by molar-refractivity contribution is -0.320. The van der Waals surface area contributed by atoms with Gasteiger partial charge in [0.15, 0.2) is 0 Å². The van der Waals surface area contributed by atoms with Gasteiger partial charge in [0.2, 0.25) is 0 Å². The molecule has 2 aromatic carbocycles. The van der Waals surface area contributed by atoms with Gasteiger partial charge >= 0.3 is 0 Å². The standard InChI is InChI=1S/C25H30ClNO5S2/c1-5-14-27(34(30,31)23-17(2)21-16-19(26)10-13-22(21)33-23)15-6-7-18-8-11-20(12-9-18)32-25(3,4)24(28)29/h8-13,16H,5-7,14-15H2,1-4H3,(H,28,29)/p-1. The maximum atomic E-state index is 13.5. The smallest absolute Gasteiger partial charge is 0.252 e. The van der Waals surface area contributed by atoms with Crippen molar-refractivity contribution in [3.63, 3.8) is 0 Å². The Morgan fingerprint density at radius 2 is 1.82 bits per heavy atom. The zero-order valence-corrected chi connectivity index (χ0v) is 22.1. The second-order valence-corrected chi connectivity index (χ2v) is 12.3. The van der Waals surface area contributed by atoms with Gasteiger partial charge in [0.1, 0.15) is 15.6 Å². The van der Waals surface area contributed by atoms with E-state index in [0.717, 1.165) is 27.6 Å². The average molecular weight is 523 g/mol. The molecule has 1 aromatic heterocycles. The van der Waals surface area contributed by atoms with Crippen LogP contribution in [0.5, 0.6) is 5.75 Å².